The molecule has 0 aliphatic carbocycles. The molecule has 2 nitrogen and oxygen atoms in total. The summed E-state index contributed by atoms with van der Waals surface area (Å²) < 4.78 is 17.7. The van der Waals surface area contributed by atoms with Crippen LogP contribution in [0.2, 0.25) is 0 Å². The highest BCUT2D eigenvalue weighted by molar-refractivity contribution is 7.26. The molecule has 3 heteroatoms. The molecule has 0 aliphatic rings. The summed E-state index contributed by atoms with van der Waals surface area (Å²) in [6.07, 6.45) is 3.57. The molecule has 0 N–H and O–H groups in total. The topological polar surface area (TPSA) is 26.3 Å². The zero-order chi connectivity index (χ0) is 15.2. The molecule has 0 spiro atoms. The Morgan fingerprint density at radius 1 is 1.15 bits per heavy atom. The number of hydrogen-bond acceptors (Lipinski definition) is 2. The molecular formula is C17H27O2P. The van der Waals surface area contributed by atoms with Crippen molar-refractivity contribution >= 4 is 8.46 Å². The van der Waals surface area contributed by atoms with Crippen molar-refractivity contribution in [3.8, 4) is 5.75 Å². The minimum absolute atomic E-state index is 0.205. The van der Waals surface area contributed by atoms with E-state index in [1.165, 1.54) is 5.56 Å². The van der Waals surface area contributed by atoms with Crippen molar-refractivity contribution in [2.75, 3.05) is 0 Å². The molecule has 0 fully saturated rings. The van der Waals surface area contributed by atoms with Crippen LogP contribution < -0.4 is 4.74 Å². The second-order valence-corrected chi connectivity index (χ2v) is 7.29. The van der Waals surface area contributed by atoms with Crippen molar-refractivity contribution in [2.45, 2.75) is 71.1 Å². The molecule has 0 aliphatic heterocycles. The maximum absolute atomic E-state index is 11.4. The largest absolute Gasteiger partial charge is 0.488 e. The average molecular weight is 294 g/mol. The van der Waals surface area contributed by atoms with E-state index in [1.807, 2.05) is 12.1 Å². The van der Waals surface area contributed by atoms with Gasteiger partial charge in [0, 0.05) is 6.42 Å². The predicted molar refractivity (Wildman–Crippen MR) is 86.1 cm³/mol. The fourth-order valence-corrected chi connectivity index (χ4v) is 2.90. The third-order valence-corrected chi connectivity index (χ3v) is 5.07. The van der Waals surface area contributed by atoms with Gasteiger partial charge in [-0.15, -0.1) is 0 Å². The highest BCUT2D eigenvalue weighted by Crippen LogP contribution is 2.38. The second kappa shape index (κ2) is 7.22. The summed E-state index contributed by atoms with van der Waals surface area (Å²) in [5.41, 5.74) is 0.996. The van der Waals surface area contributed by atoms with Crippen LogP contribution in [0.5, 0.6) is 5.75 Å². The molecule has 0 saturated heterocycles. The van der Waals surface area contributed by atoms with Gasteiger partial charge in [0.05, 0.1) is 5.16 Å². The van der Waals surface area contributed by atoms with E-state index in [9.17, 15) is 4.57 Å². The second-order valence-electron chi connectivity index (χ2n) is 6.03. The van der Waals surface area contributed by atoms with Crippen molar-refractivity contribution in [2.24, 2.45) is 0 Å². The molecule has 0 bridgehead atoms. The van der Waals surface area contributed by atoms with Gasteiger partial charge in [0.2, 0.25) is 0 Å². The van der Waals surface area contributed by atoms with Gasteiger partial charge < -0.3 is 4.74 Å². The van der Waals surface area contributed by atoms with Crippen molar-refractivity contribution in [1.82, 2.24) is 0 Å². The maximum Gasteiger partial charge on any atom is 0.161 e. The third kappa shape index (κ3) is 4.59. The van der Waals surface area contributed by atoms with Crippen molar-refractivity contribution in [3.05, 3.63) is 29.8 Å². The van der Waals surface area contributed by atoms with E-state index in [2.05, 4.69) is 46.8 Å². The van der Waals surface area contributed by atoms with Gasteiger partial charge in [0.1, 0.15) is 11.4 Å². The van der Waals surface area contributed by atoms with Gasteiger partial charge in [-0.1, -0.05) is 32.9 Å². The molecule has 0 radical (unpaired) electrons. The van der Waals surface area contributed by atoms with Crippen LogP contribution in [-0.4, -0.2) is 10.8 Å². The van der Waals surface area contributed by atoms with Crippen LogP contribution in [-0.2, 0) is 11.0 Å². The van der Waals surface area contributed by atoms with Crippen LogP contribution in [0.1, 0.15) is 59.4 Å². The zero-order valence-electron chi connectivity index (χ0n) is 13.4. The molecule has 2 unspecified atom stereocenters. The monoisotopic (exact) mass is 294 g/mol. The molecule has 1 aromatic rings. The van der Waals surface area contributed by atoms with Gasteiger partial charge in [-0.05, 0) is 50.8 Å². The van der Waals surface area contributed by atoms with Gasteiger partial charge in [0.25, 0.3) is 0 Å². The van der Waals surface area contributed by atoms with Crippen molar-refractivity contribution in [1.29, 1.82) is 0 Å². The molecule has 2 atom stereocenters. The first-order chi connectivity index (χ1) is 9.40. The summed E-state index contributed by atoms with van der Waals surface area (Å²) in [6.45, 7) is 10.5. The minimum atomic E-state index is -0.283. The summed E-state index contributed by atoms with van der Waals surface area (Å²) in [5, 5.41) is -0.215. The summed E-state index contributed by atoms with van der Waals surface area (Å²) in [5.74, 6) is 0.912. The molecule has 0 saturated carbocycles. The lowest BCUT2D eigenvalue weighted by atomic mass is 9.88. The number of benzene rings is 1. The average Bonchev–Trinajstić information content (AvgIpc) is 2.47. The Balaban J connectivity index is 2.91. The third-order valence-electron chi connectivity index (χ3n) is 4.16. The van der Waals surface area contributed by atoms with Crippen LogP contribution in [0.4, 0.5) is 0 Å². The van der Waals surface area contributed by atoms with Crippen LogP contribution in [0.15, 0.2) is 24.3 Å². The smallest absolute Gasteiger partial charge is 0.161 e. The molecule has 0 amide bonds. The van der Waals surface area contributed by atoms with Crippen molar-refractivity contribution in [3.63, 3.8) is 0 Å². The molecule has 20 heavy (non-hydrogen) atoms. The lowest BCUT2D eigenvalue weighted by Gasteiger charge is -2.35. The number of aryl methyl sites for hydroxylation is 1. The fraction of sp³-hybridized carbons (Fsp3) is 0.647. The summed E-state index contributed by atoms with van der Waals surface area (Å²) in [4.78, 5) is 0. The Hall–Kier alpha value is -0.880. The van der Waals surface area contributed by atoms with E-state index in [-0.39, 0.29) is 19.2 Å². The van der Waals surface area contributed by atoms with E-state index in [0.717, 1.165) is 31.4 Å². The first-order valence-corrected chi connectivity index (χ1v) is 8.34. The van der Waals surface area contributed by atoms with Crippen LogP contribution in [0.25, 0.3) is 0 Å². The SMILES string of the molecule is CCc1cccc(OC(C)(CC)CC(C)(CC)P=O)c1. The molecule has 0 aromatic heterocycles. The lowest BCUT2D eigenvalue weighted by Crippen LogP contribution is -2.38. The van der Waals surface area contributed by atoms with Gasteiger partial charge in [0.15, 0.2) is 8.46 Å². The van der Waals surface area contributed by atoms with E-state index >= 15 is 0 Å². The quantitative estimate of drug-likeness (QED) is 0.579. The standard InChI is InChI=1S/C17H27O2P/c1-6-14-10-9-11-15(12-14)19-16(4,7-2)13-17(5,8-3)20-18/h9-12H,6-8,13H2,1-5H3. The summed E-state index contributed by atoms with van der Waals surface area (Å²) in [7, 11) is 0.205. The molecular weight excluding hydrogens is 267 g/mol. The van der Waals surface area contributed by atoms with Gasteiger partial charge in [-0.25, -0.2) is 0 Å². The Labute approximate surface area is 125 Å². The van der Waals surface area contributed by atoms with E-state index in [0.29, 0.717) is 0 Å². The van der Waals surface area contributed by atoms with E-state index in [1.54, 1.807) is 0 Å². The normalized spacial score (nSPS) is 17.4. The van der Waals surface area contributed by atoms with Crippen LogP contribution >= 0.6 is 8.46 Å². The maximum atomic E-state index is 11.4. The summed E-state index contributed by atoms with van der Waals surface area (Å²) >= 11 is 0. The molecule has 112 valence electrons. The molecule has 1 aromatic carbocycles. The summed E-state index contributed by atoms with van der Waals surface area (Å²) in [6, 6.07) is 8.26. The minimum Gasteiger partial charge on any atom is -0.488 e. The first kappa shape index (κ1) is 17.2. The highest BCUT2D eigenvalue weighted by atomic mass is 31.1. The number of hydrogen-bond donors (Lipinski definition) is 0. The Bertz CT molecular complexity index is 446. The van der Waals surface area contributed by atoms with E-state index < -0.39 is 0 Å². The first-order valence-electron chi connectivity index (χ1n) is 7.52. The predicted octanol–water partition coefficient (Wildman–Crippen LogP) is 5.65. The highest BCUT2D eigenvalue weighted by Gasteiger charge is 2.35. The van der Waals surface area contributed by atoms with Gasteiger partial charge >= 0.3 is 0 Å². The molecule has 0 heterocycles. The van der Waals surface area contributed by atoms with Gasteiger partial charge in [-0.3, -0.25) is 4.57 Å². The number of rotatable bonds is 8. The van der Waals surface area contributed by atoms with Gasteiger partial charge in [-0.2, -0.15) is 0 Å². The number of ether oxygens (including phenoxy) is 1. The zero-order valence-corrected chi connectivity index (χ0v) is 14.3. The van der Waals surface area contributed by atoms with E-state index in [4.69, 9.17) is 4.74 Å². The van der Waals surface area contributed by atoms with Crippen LogP contribution in [0, 0.1) is 0 Å². The fourth-order valence-electron chi connectivity index (χ4n) is 2.37. The Morgan fingerprint density at radius 3 is 2.35 bits per heavy atom. The molecule has 1 rings (SSSR count). The van der Waals surface area contributed by atoms with Crippen LogP contribution in [0.3, 0.4) is 0 Å². The van der Waals surface area contributed by atoms with Crippen molar-refractivity contribution < 1.29 is 9.30 Å². The lowest BCUT2D eigenvalue weighted by molar-refractivity contribution is 0.0633. The Morgan fingerprint density at radius 2 is 1.85 bits per heavy atom. The Kier molecular flexibility index (Phi) is 6.20.